The van der Waals surface area contributed by atoms with Crippen molar-refractivity contribution >= 4 is 22.4 Å². The number of nitrogen functional groups attached to an aromatic ring is 1. The van der Waals surface area contributed by atoms with Crippen LogP contribution >= 0.6 is 0 Å². The van der Waals surface area contributed by atoms with Crippen molar-refractivity contribution in [2.24, 2.45) is 17.8 Å². The van der Waals surface area contributed by atoms with E-state index in [1.54, 1.807) is 0 Å². The Morgan fingerprint density at radius 3 is 2.81 bits per heavy atom. The maximum Gasteiger partial charge on any atom is 0.314 e. The molecule has 2 aromatic carbocycles. The molecule has 0 aromatic heterocycles. The van der Waals surface area contributed by atoms with Crippen molar-refractivity contribution < 1.29 is 9.53 Å². The van der Waals surface area contributed by atoms with Crippen LogP contribution in [0.15, 0.2) is 48.6 Å². The van der Waals surface area contributed by atoms with E-state index in [0.717, 1.165) is 29.3 Å². The lowest BCUT2D eigenvalue weighted by Crippen LogP contribution is -2.23. The first-order chi connectivity index (χ1) is 10.2. The predicted octanol–water partition coefficient (Wildman–Crippen LogP) is 3.54. The molecule has 0 saturated heterocycles. The molecule has 1 saturated carbocycles. The smallest absolute Gasteiger partial charge is 0.314 e. The number of hydrogen-bond donors (Lipinski definition) is 1. The highest BCUT2D eigenvalue weighted by Crippen LogP contribution is 2.44. The van der Waals surface area contributed by atoms with Gasteiger partial charge in [0.2, 0.25) is 0 Å². The van der Waals surface area contributed by atoms with Crippen molar-refractivity contribution in [3.05, 3.63) is 48.6 Å². The molecular formula is C18H17NO2. The van der Waals surface area contributed by atoms with E-state index < -0.39 is 0 Å². The second-order valence-electron chi connectivity index (χ2n) is 6.04. The summed E-state index contributed by atoms with van der Waals surface area (Å²) in [6.07, 6.45) is 6.43. The van der Waals surface area contributed by atoms with Crippen molar-refractivity contribution in [1.29, 1.82) is 0 Å². The summed E-state index contributed by atoms with van der Waals surface area (Å²) in [5.74, 6) is 1.47. The molecular weight excluding hydrogens is 262 g/mol. The van der Waals surface area contributed by atoms with E-state index in [2.05, 4.69) is 12.2 Å². The molecule has 0 amide bonds. The van der Waals surface area contributed by atoms with E-state index in [4.69, 9.17) is 10.5 Å². The standard InChI is InChI=1S/C18H17NO2/c19-17-3-1-2-12-10-14(6-7-15(12)17)21-18(20)16-9-11-4-5-13(16)8-11/h1-7,10-11,13,16H,8-9,19H2. The zero-order valence-corrected chi connectivity index (χ0v) is 11.7. The number of ether oxygens (including phenoxy) is 1. The van der Waals surface area contributed by atoms with Gasteiger partial charge in [0.1, 0.15) is 5.75 Å². The predicted molar refractivity (Wildman–Crippen MR) is 82.8 cm³/mol. The molecule has 2 bridgehead atoms. The molecule has 0 spiro atoms. The molecule has 0 aliphatic heterocycles. The minimum absolute atomic E-state index is 0.0246. The largest absolute Gasteiger partial charge is 0.426 e. The number of allylic oxidation sites excluding steroid dienone is 2. The maximum atomic E-state index is 12.3. The van der Waals surface area contributed by atoms with Crippen LogP contribution in [0, 0.1) is 17.8 Å². The number of anilines is 1. The Morgan fingerprint density at radius 1 is 1.14 bits per heavy atom. The second-order valence-corrected chi connectivity index (χ2v) is 6.04. The highest BCUT2D eigenvalue weighted by atomic mass is 16.5. The lowest BCUT2D eigenvalue weighted by Gasteiger charge is -2.16. The molecule has 2 aliphatic rings. The van der Waals surface area contributed by atoms with Crippen molar-refractivity contribution in [2.45, 2.75) is 12.8 Å². The molecule has 1 fully saturated rings. The Kier molecular flexibility index (Phi) is 2.74. The maximum absolute atomic E-state index is 12.3. The highest BCUT2D eigenvalue weighted by molar-refractivity contribution is 5.94. The van der Waals surface area contributed by atoms with Gasteiger partial charge in [-0.1, -0.05) is 24.3 Å². The Labute approximate surface area is 123 Å². The van der Waals surface area contributed by atoms with Gasteiger partial charge in [0.25, 0.3) is 0 Å². The topological polar surface area (TPSA) is 52.3 Å². The van der Waals surface area contributed by atoms with Gasteiger partial charge in [0.05, 0.1) is 5.92 Å². The number of fused-ring (bicyclic) bond motifs is 3. The van der Waals surface area contributed by atoms with Gasteiger partial charge in [-0.25, -0.2) is 0 Å². The van der Waals surface area contributed by atoms with Crippen LogP contribution in [0.25, 0.3) is 10.8 Å². The molecule has 3 heteroatoms. The van der Waals surface area contributed by atoms with Gasteiger partial charge < -0.3 is 10.5 Å². The van der Waals surface area contributed by atoms with Gasteiger partial charge in [-0.3, -0.25) is 4.79 Å². The first kappa shape index (κ1) is 12.5. The fourth-order valence-electron chi connectivity index (χ4n) is 3.59. The number of rotatable bonds is 2. The van der Waals surface area contributed by atoms with Crippen molar-refractivity contribution in [1.82, 2.24) is 0 Å². The third-order valence-electron chi connectivity index (χ3n) is 4.69. The second kappa shape index (κ2) is 4.62. The summed E-state index contributed by atoms with van der Waals surface area (Å²) in [7, 11) is 0. The van der Waals surface area contributed by atoms with Crippen LogP contribution in [0.3, 0.4) is 0 Å². The third kappa shape index (κ3) is 2.09. The Balaban J connectivity index is 1.57. The minimum atomic E-state index is -0.102. The Hall–Kier alpha value is -2.29. The lowest BCUT2D eigenvalue weighted by molar-refractivity contribution is -0.139. The van der Waals surface area contributed by atoms with Crippen LogP contribution in [0.2, 0.25) is 0 Å². The normalized spacial score (nSPS) is 26.4. The molecule has 21 heavy (non-hydrogen) atoms. The molecule has 0 radical (unpaired) electrons. The minimum Gasteiger partial charge on any atom is -0.426 e. The van der Waals surface area contributed by atoms with Crippen LogP contribution in [0.1, 0.15) is 12.8 Å². The molecule has 2 aliphatic carbocycles. The lowest BCUT2D eigenvalue weighted by atomic mass is 9.94. The summed E-state index contributed by atoms with van der Waals surface area (Å²) in [5.41, 5.74) is 6.67. The molecule has 0 heterocycles. The highest BCUT2D eigenvalue weighted by Gasteiger charge is 2.40. The summed E-state index contributed by atoms with van der Waals surface area (Å²) in [6.45, 7) is 0. The molecule has 3 atom stereocenters. The summed E-state index contributed by atoms with van der Waals surface area (Å²) in [6, 6.07) is 11.4. The summed E-state index contributed by atoms with van der Waals surface area (Å²) < 4.78 is 5.59. The van der Waals surface area contributed by atoms with E-state index in [1.165, 1.54) is 0 Å². The number of carbonyl (C=O) groups excluding carboxylic acids is 1. The van der Waals surface area contributed by atoms with Crippen LogP contribution in [-0.4, -0.2) is 5.97 Å². The molecule has 2 N–H and O–H groups in total. The first-order valence-corrected chi connectivity index (χ1v) is 7.39. The summed E-state index contributed by atoms with van der Waals surface area (Å²) in [4.78, 5) is 12.3. The Morgan fingerprint density at radius 2 is 2.05 bits per heavy atom. The molecule has 3 unspecified atom stereocenters. The number of benzene rings is 2. The van der Waals surface area contributed by atoms with E-state index in [9.17, 15) is 4.79 Å². The fraction of sp³-hybridized carbons (Fsp3) is 0.278. The van der Waals surface area contributed by atoms with Crippen LogP contribution in [0.4, 0.5) is 5.69 Å². The summed E-state index contributed by atoms with van der Waals surface area (Å²) in [5, 5.41) is 1.98. The first-order valence-electron chi connectivity index (χ1n) is 7.39. The van der Waals surface area contributed by atoms with Crippen LogP contribution in [-0.2, 0) is 4.79 Å². The zero-order valence-electron chi connectivity index (χ0n) is 11.7. The Bertz CT molecular complexity index is 750. The van der Waals surface area contributed by atoms with Gasteiger partial charge in [0, 0.05) is 11.1 Å². The van der Waals surface area contributed by atoms with Crippen LogP contribution < -0.4 is 10.5 Å². The molecule has 3 nitrogen and oxygen atoms in total. The van der Waals surface area contributed by atoms with E-state index in [-0.39, 0.29) is 11.9 Å². The third-order valence-corrected chi connectivity index (χ3v) is 4.69. The SMILES string of the molecule is Nc1cccc2cc(OC(=O)C3CC4C=CC3C4)ccc12. The van der Waals surface area contributed by atoms with Crippen molar-refractivity contribution in [2.75, 3.05) is 5.73 Å². The number of hydrogen-bond acceptors (Lipinski definition) is 3. The van der Waals surface area contributed by atoms with Gasteiger partial charge in [-0.2, -0.15) is 0 Å². The quantitative estimate of drug-likeness (QED) is 0.396. The van der Waals surface area contributed by atoms with E-state index in [1.807, 2.05) is 36.4 Å². The van der Waals surface area contributed by atoms with Crippen molar-refractivity contribution in [3.8, 4) is 5.75 Å². The zero-order chi connectivity index (χ0) is 14.4. The van der Waals surface area contributed by atoms with Gasteiger partial charge in [-0.15, -0.1) is 0 Å². The average Bonchev–Trinajstić information content (AvgIpc) is 3.10. The number of nitrogens with two attached hydrogens (primary N) is 1. The molecule has 4 rings (SSSR count). The summed E-state index contributed by atoms with van der Waals surface area (Å²) >= 11 is 0. The molecule has 106 valence electrons. The average molecular weight is 279 g/mol. The number of esters is 1. The monoisotopic (exact) mass is 279 g/mol. The van der Waals surface area contributed by atoms with Gasteiger partial charge in [-0.05, 0) is 54.3 Å². The fourth-order valence-corrected chi connectivity index (χ4v) is 3.59. The van der Waals surface area contributed by atoms with Gasteiger partial charge in [0.15, 0.2) is 0 Å². The van der Waals surface area contributed by atoms with Crippen LogP contribution in [0.5, 0.6) is 5.75 Å². The van der Waals surface area contributed by atoms with Crippen molar-refractivity contribution in [3.63, 3.8) is 0 Å². The molecule has 2 aromatic rings. The number of carbonyl (C=O) groups is 1. The van der Waals surface area contributed by atoms with Gasteiger partial charge >= 0.3 is 5.97 Å². The van der Waals surface area contributed by atoms with E-state index in [0.29, 0.717) is 17.6 Å². The van der Waals surface area contributed by atoms with E-state index >= 15 is 0 Å².